The molecule has 0 amide bonds. The first-order valence-corrected chi connectivity index (χ1v) is 13.4. The minimum atomic E-state index is -4.26. The standard InChI is InChI=1S/C17H19ClFN5O.C10H13F3N2O/c1-8(2)24-12-6-9(13-10(18)7-21-16(20)23-13)5-11(19)14(12)22-15(24)17(3,4)25;11-10(12,13)7-16-6-8-5-9-3-1-2-4-15(9)14-8/h5-8,25H,1-4H3,(H2,20,21,23);5H,1-4,6-7H2. The number of hydrogen-bond donors (Lipinski definition) is 2. The summed E-state index contributed by atoms with van der Waals surface area (Å²) in [6, 6.07) is 4.85. The Hall–Kier alpha value is -3.29. The van der Waals surface area contributed by atoms with Crippen LogP contribution in [-0.4, -0.2) is 47.2 Å². The summed E-state index contributed by atoms with van der Waals surface area (Å²) in [5.41, 5.74) is 7.64. The molecule has 3 aromatic heterocycles. The number of aryl methyl sites for hydroxylation is 2. The van der Waals surface area contributed by atoms with E-state index < -0.39 is 24.2 Å². The number of nitrogens with zero attached hydrogens (tertiary/aromatic N) is 6. The van der Waals surface area contributed by atoms with Crippen LogP contribution in [-0.2, 0) is 29.9 Å². The predicted octanol–water partition coefficient (Wildman–Crippen LogP) is 5.97. The number of benzene rings is 1. The molecule has 5 rings (SSSR count). The quantitative estimate of drug-likeness (QED) is 0.263. The number of imidazole rings is 1. The molecule has 9 nitrogen and oxygen atoms in total. The van der Waals surface area contributed by atoms with Crippen LogP contribution in [0.1, 0.15) is 63.8 Å². The molecular weight excluding hydrogens is 566 g/mol. The summed E-state index contributed by atoms with van der Waals surface area (Å²) in [6.07, 6.45) is 0.265. The van der Waals surface area contributed by atoms with E-state index >= 15 is 0 Å². The molecule has 4 aromatic rings. The molecule has 222 valence electrons. The summed E-state index contributed by atoms with van der Waals surface area (Å²) < 4.78 is 58.5. The number of aliphatic hydroxyl groups is 1. The number of nitrogens with two attached hydrogens (primary N) is 1. The van der Waals surface area contributed by atoms with Crippen LogP contribution in [0.4, 0.5) is 23.5 Å². The highest BCUT2D eigenvalue weighted by molar-refractivity contribution is 6.33. The molecule has 0 saturated heterocycles. The summed E-state index contributed by atoms with van der Waals surface area (Å²) in [5, 5.41) is 14.9. The number of alkyl halides is 3. The van der Waals surface area contributed by atoms with Crippen LogP contribution in [0.5, 0.6) is 0 Å². The van der Waals surface area contributed by atoms with Gasteiger partial charge >= 0.3 is 6.18 Å². The smallest absolute Gasteiger partial charge is 0.383 e. The third-order valence-corrected chi connectivity index (χ3v) is 6.61. The lowest BCUT2D eigenvalue weighted by molar-refractivity contribution is -0.176. The van der Waals surface area contributed by atoms with Gasteiger partial charge in [0.2, 0.25) is 5.95 Å². The fraction of sp³-hybridized carbons (Fsp3) is 0.481. The maximum atomic E-state index is 14.7. The number of halogens is 5. The Morgan fingerprint density at radius 3 is 2.51 bits per heavy atom. The van der Waals surface area contributed by atoms with E-state index in [0.717, 1.165) is 31.5 Å². The average molecular weight is 598 g/mol. The van der Waals surface area contributed by atoms with Crippen LogP contribution in [0.15, 0.2) is 24.4 Å². The number of anilines is 1. The number of rotatable bonds is 6. The Bertz CT molecular complexity index is 1500. The van der Waals surface area contributed by atoms with Gasteiger partial charge in [0.25, 0.3) is 0 Å². The molecule has 3 N–H and O–H groups in total. The monoisotopic (exact) mass is 597 g/mol. The fourth-order valence-electron chi connectivity index (χ4n) is 4.65. The molecule has 0 bridgehead atoms. The summed E-state index contributed by atoms with van der Waals surface area (Å²) in [7, 11) is 0. The van der Waals surface area contributed by atoms with Crippen LogP contribution in [0.3, 0.4) is 0 Å². The van der Waals surface area contributed by atoms with Gasteiger partial charge in [0, 0.05) is 23.8 Å². The van der Waals surface area contributed by atoms with Crippen molar-refractivity contribution in [1.29, 1.82) is 0 Å². The Kier molecular flexibility index (Phi) is 8.90. The second-order valence-corrected chi connectivity index (χ2v) is 11.0. The van der Waals surface area contributed by atoms with Crippen molar-refractivity contribution >= 4 is 28.6 Å². The van der Waals surface area contributed by atoms with Gasteiger partial charge in [-0.05, 0) is 65.2 Å². The van der Waals surface area contributed by atoms with Crippen LogP contribution < -0.4 is 5.73 Å². The van der Waals surface area contributed by atoms with E-state index in [9.17, 15) is 22.7 Å². The number of hydrogen-bond acceptors (Lipinski definition) is 7. The third kappa shape index (κ3) is 7.32. The average Bonchev–Trinajstić information content (AvgIpc) is 3.47. The topological polar surface area (TPSA) is 117 Å². The van der Waals surface area contributed by atoms with Gasteiger partial charge in [-0.1, -0.05) is 11.6 Å². The van der Waals surface area contributed by atoms with Gasteiger partial charge in [-0.25, -0.2) is 19.3 Å². The molecule has 0 fully saturated rings. The van der Waals surface area contributed by atoms with Gasteiger partial charge in [-0.15, -0.1) is 0 Å². The first kappa shape index (κ1) is 30.7. The lowest BCUT2D eigenvalue weighted by atomic mass is 10.1. The van der Waals surface area contributed by atoms with Crippen molar-refractivity contribution in [3.05, 3.63) is 52.4 Å². The second kappa shape index (κ2) is 11.9. The van der Waals surface area contributed by atoms with E-state index in [4.69, 9.17) is 17.3 Å². The number of aromatic nitrogens is 6. The first-order chi connectivity index (χ1) is 19.1. The van der Waals surface area contributed by atoms with Crippen LogP contribution in [0.2, 0.25) is 5.02 Å². The Labute approximate surface area is 239 Å². The maximum absolute atomic E-state index is 14.7. The highest BCUT2D eigenvalue weighted by Gasteiger charge is 2.29. The van der Waals surface area contributed by atoms with Crippen LogP contribution >= 0.6 is 11.6 Å². The Morgan fingerprint density at radius 2 is 1.88 bits per heavy atom. The summed E-state index contributed by atoms with van der Waals surface area (Å²) in [6.45, 7) is 6.69. The van der Waals surface area contributed by atoms with E-state index in [1.54, 1.807) is 24.5 Å². The molecule has 14 heteroatoms. The molecule has 0 aliphatic carbocycles. The number of ether oxygens (including phenoxy) is 1. The Balaban J connectivity index is 0.000000208. The molecule has 0 atom stereocenters. The van der Waals surface area contributed by atoms with Gasteiger partial charge in [0.15, 0.2) is 5.82 Å². The van der Waals surface area contributed by atoms with Crippen molar-refractivity contribution in [2.75, 3.05) is 12.3 Å². The van der Waals surface area contributed by atoms with E-state index in [0.29, 0.717) is 28.3 Å². The number of nitrogen functional groups attached to an aromatic ring is 1. The van der Waals surface area contributed by atoms with Gasteiger partial charge < -0.3 is 20.1 Å². The zero-order valence-electron chi connectivity index (χ0n) is 23.1. The predicted molar refractivity (Wildman–Crippen MR) is 147 cm³/mol. The summed E-state index contributed by atoms with van der Waals surface area (Å²) in [5.74, 6) is -0.0815. The molecule has 0 radical (unpaired) electrons. The normalized spacial score (nSPS) is 13.8. The maximum Gasteiger partial charge on any atom is 0.411 e. The Morgan fingerprint density at radius 1 is 1.15 bits per heavy atom. The van der Waals surface area contributed by atoms with Crippen LogP contribution in [0, 0.1) is 5.82 Å². The van der Waals surface area contributed by atoms with E-state index in [-0.39, 0.29) is 29.1 Å². The molecular formula is C27H32ClF4N7O2. The molecule has 0 spiro atoms. The van der Waals surface area contributed by atoms with Crippen molar-refractivity contribution in [3.63, 3.8) is 0 Å². The highest BCUT2D eigenvalue weighted by Crippen LogP contribution is 2.34. The first-order valence-electron chi connectivity index (χ1n) is 13.1. The second-order valence-electron chi connectivity index (χ2n) is 10.6. The van der Waals surface area contributed by atoms with Gasteiger partial charge in [-0.2, -0.15) is 18.3 Å². The highest BCUT2D eigenvalue weighted by atomic mass is 35.5. The molecule has 1 aromatic carbocycles. The zero-order valence-corrected chi connectivity index (χ0v) is 23.9. The van der Waals surface area contributed by atoms with Crippen molar-refractivity contribution in [2.45, 2.75) is 77.9 Å². The molecule has 0 unspecified atom stereocenters. The van der Waals surface area contributed by atoms with Crippen LogP contribution in [0.25, 0.3) is 22.3 Å². The zero-order chi connectivity index (χ0) is 30.1. The number of fused-ring (bicyclic) bond motifs is 2. The van der Waals surface area contributed by atoms with Gasteiger partial charge in [-0.3, -0.25) is 4.68 Å². The largest absolute Gasteiger partial charge is 0.411 e. The molecule has 4 heterocycles. The SMILES string of the molecule is CC(C)n1c(C(C)(C)O)nc2c(F)cc(-c3nc(N)ncc3Cl)cc21.FC(F)(F)COCc1cc2n(n1)CCCC2. The van der Waals surface area contributed by atoms with Crippen molar-refractivity contribution in [3.8, 4) is 11.3 Å². The van der Waals surface area contributed by atoms with E-state index in [1.807, 2.05) is 24.6 Å². The van der Waals surface area contributed by atoms with E-state index in [2.05, 4.69) is 24.8 Å². The molecule has 1 aliphatic rings. The molecule has 0 saturated carbocycles. The van der Waals surface area contributed by atoms with Crippen molar-refractivity contribution in [1.82, 2.24) is 29.3 Å². The summed E-state index contributed by atoms with van der Waals surface area (Å²) >= 11 is 6.15. The minimum absolute atomic E-state index is 0.0352. The van der Waals surface area contributed by atoms with Gasteiger partial charge in [0.1, 0.15) is 23.5 Å². The van der Waals surface area contributed by atoms with Gasteiger partial charge in [0.05, 0.1) is 34.7 Å². The minimum Gasteiger partial charge on any atom is -0.383 e. The molecule has 1 aliphatic heterocycles. The molecule has 41 heavy (non-hydrogen) atoms. The van der Waals surface area contributed by atoms with Crippen molar-refractivity contribution in [2.24, 2.45) is 0 Å². The third-order valence-electron chi connectivity index (χ3n) is 6.33. The van der Waals surface area contributed by atoms with Crippen molar-refractivity contribution < 1.29 is 27.4 Å². The fourth-order valence-corrected chi connectivity index (χ4v) is 4.85. The van der Waals surface area contributed by atoms with E-state index in [1.165, 1.54) is 12.3 Å². The lowest BCUT2D eigenvalue weighted by Gasteiger charge is -2.21. The summed E-state index contributed by atoms with van der Waals surface area (Å²) in [4.78, 5) is 12.3. The lowest BCUT2D eigenvalue weighted by Crippen LogP contribution is -2.23.